The van der Waals surface area contributed by atoms with E-state index in [1.165, 1.54) is 12.1 Å². The molecule has 1 amide bonds. The van der Waals surface area contributed by atoms with E-state index in [4.69, 9.17) is 9.84 Å². The van der Waals surface area contributed by atoms with Gasteiger partial charge in [-0.3, -0.25) is 4.79 Å². The lowest BCUT2D eigenvalue weighted by Gasteiger charge is -2.09. The Morgan fingerprint density at radius 2 is 2.05 bits per heavy atom. The summed E-state index contributed by atoms with van der Waals surface area (Å²) in [5, 5.41) is 11.6. The molecule has 0 aromatic heterocycles. The smallest absolute Gasteiger partial charge is 0.335 e. The number of amides is 1. The quantitative estimate of drug-likeness (QED) is 0.833. The van der Waals surface area contributed by atoms with E-state index in [0.29, 0.717) is 13.0 Å². The van der Waals surface area contributed by atoms with E-state index in [-0.39, 0.29) is 17.6 Å². The van der Waals surface area contributed by atoms with E-state index >= 15 is 0 Å². The van der Waals surface area contributed by atoms with Crippen molar-refractivity contribution in [3.8, 4) is 0 Å². The van der Waals surface area contributed by atoms with Crippen LogP contribution in [0, 0.1) is 0 Å². The van der Waals surface area contributed by atoms with Gasteiger partial charge in [0.15, 0.2) is 0 Å². The highest BCUT2D eigenvalue weighted by Crippen LogP contribution is 2.16. The molecule has 0 saturated carbocycles. The zero-order valence-electron chi connectivity index (χ0n) is 11.3. The van der Waals surface area contributed by atoms with Crippen LogP contribution in [-0.2, 0) is 16.1 Å². The third kappa shape index (κ3) is 4.35. The predicted octanol–water partition coefficient (Wildman–Crippen LogP) is 1.96. The number of rotatable bonds is 6. The maximum atomic E-state index is 11.7. The number of carbonyl (C=O) groups excluding carboxylic acids is 1. The highest BCUT2D eigenvalue weighted by atomic mass is 16.5. The van der Waals surface area contributed by atoms with E-state index in [1.54, 1.807) is 12.1 Å². The summed E-state index contributed by atoms with van der Waals surface area (Å²) in [6, 6.07) is 6.50. The van der Waals surface area contributed by atoms with Gasteiger partial charge < -0.3 is 15.2 Å². The molecule has 0 spiro atoms. The SMILES string of the molecule is O=C(CCC1CCCO1)NCc1ccc(C(=O)O)cc1. The standard InChI is InChI=1S/C15H19NO4/c17-14(8-7-13-2-1-9-20-13)16-10-11-3-5-12(6-4-11)15(18)19/h3-6,13H,1-2,7-10H2,(H,16,17)(H,18,19). The third-order valence-electron chi connectivity index (χ3n) is 3.41. The highest BCUT2D eigenvalue weighted by molar-refractivity contribution is 5.87. The van der Waals surface area contributed by atoms with Crippen molar-refractivity contribution in [3.05, 3.63) is 35.4 Å². The third-order valence-corrected chi connectivity index (χ3v) is 3.41. The summed E-state index contributed by atoms with van der Waals surface area (Å²) in [6.45, 7) is 1.23. The van der Waals surface area contributed by atoms with Crippen LogP contribution in [0.5, 0.6) is 0 Å². The van der Waals surface area contributed by atoms with Gasteiger partial charge in [0.1, 0.15) is 0 Å². The van der Waals surface area contributed by atoms with E-state index in [0.717, 1.165) is 31.4 Å². The minimum atomic E-state index is -0.947. The lowest BCUT2D eigenvalue weighted by Crippen LogP contribution is -2.23. The fraction of sp³-hybridized carbons (Fsp3) is 0.467. The minimum Gasteiger partial charge on any atom is -0.478 e. The largest absolute Gasteiger partial charge is 0.478 e. The Bertz CT molecular complexity index is 463. The van der Waals surface area contributed by atoms with Crippen LogP contribution >= 0.6 is 0 Å². The first-order valence-electron chi connectivity index (χ1n) is 6.85. The Balaban J connectivity index is 1.70. The highest BCUT2D eigenvalue weighted by Gasteiger charge is 2.16. The summed E-state index contributed by atoms with van der Waals surface area (Å²) in [5.74, 6) is -0.944. The van der Waals surface area contributed by atoms with Crippen LogP contribution in [0.3, 0.4) is 0 Å². The number of hydrogen-bond acceptors (Lipinski definition) is 3. The first kappa shape index (κ1) is 14.5. The van der Waals surface area contributed by atoms with E-state index < -0.39 is 5.97 Å². The molecular weight excluding hydrogens is 258 g/mol. The molecule has 5 heteroatoms. The molecule has 0 bridgehead atoms. The molecule has 1 fully saturated rings. The molecular formula is C15H19NO4. The molecule has 2 rings (SSSR count). The Kier molecular flexibility index (Phi) is 5.12. The van der Waals surface area contributed by atoms with Crippen LogP contribution in [0.25, 0.3) is 0 Å². The molecule has 1 heterocycles. The maximum Gasteiger partial charge on any atom is 0.335 e. The molecule has 0 aliphatic carbocycles. The van der Waals surface area contributed by atoms with Crippen molar-refractivity contribution < 1.29 is 19.4 Å². The van der Waals surface area contributed by atoms with Gasteiger partial charge in [-0.1, -0.05) is 12.1 Å². The van der Waals surface area contributed by atoms with Gasteiger partial charge in [0.05, 0.1) is 11.7 Å². The molecule has 1 aromatic carbocycles. The Hall–Kier alpha value is -1.88. The number of nitrogens with one attached hydrogen (secondary N) is 1. The van der Waals surface area contributed by atoms with Gasteiger partial charge in [-0.2, -0.15) is 0 Å². The Morgan fingerprint density at radius 3 is 2.65 bits per heavy atom. The molecule has 1 aliphatic rings. The zero-order chi connectivity index (χ0) is 14.4. The van der Waals surface area contributed by atoms with Crippen LogP contribution in [0.15, 0.2) is 24.3 Å². The lowest BCUT2D eigenvalue weighted by atomic mass is 10.1. The van der Waals surface area contributed by atoms with Gasteiger partial charge >= 0.3 is 5.97 Å². The number of carboxylic acids is 1. The summed E-state index contributed by atoms with van der Waals surface area (Å²) in [7, 11) is 0. The first-order chi connectivity index (χ1) is 9.65. The van der Waals surface area contributed by atoms with E-state index in [9.17, 15) is 9.59 Å². The Morgan fingerprint density at radius 1 is 1.30 bits per heavy atom. The average Bonchev–Trinajstić information content (AvgIpc) is 2.96. The second kappa shape index (κ2) is 7.05. The number of benzene rings is 1. The number of hydrogen-bond donors (Lipinski definition) is 2. The second-order valence-electron chi connectivity index (χ2n) is 4.95. The summed E-state index contributed by atoms with van der Waals surface area (Å²) >= 11 is 0. The average molecular weight is 277 g/mol. The van der Waals surface area contributed by atoms with Crippen LogP contribution in [0.4, 0.5) is 0 Å². The molecule has 1 aliphatic heterocycles. The van der Waals surface area contributed by atoms with Crippen LogP contribution in [0.1, 0.15) is 41.6 Å². The van der Waals surface area contributed by atoms with Gasteiger partial charge in [-0.25, -0.2) is 4.79 Å². The molecule has 108 valence electrons. The zero-order valence-corrected chi connectivity index (χ0v) is 11.3. The number of carboxylic acid groups (broad SMARTS) is 1. The fourth-order valence-corrected chi connectivity index (χ4v) is 2.22. The molecule has 1 unspecified atom stereocenters. The number of aromatic carboxylic acids is 1. The van der Waals surface area contributed by atoms with Gasteiger partial charge in [-0.05, 0) is 37.0 Å². The van der Waals surface area contributed by atoms with Crippen molar-refractivity contribution in [2.24, 2.45) is 0 Å². The lowest BCUT2D eigenvalue weighted by molar-refractivity contribution is -0.121. The number of ether oxygens (including phenoxy) is 1. The monoisotopic (exact) mass is 277 g/mol. The molecule has 20 heavy (non-hydrogen) atoms. The molecule has 2 N–H and O–H groups in total. The van der Waals surface area contributed by atoms with Crippen LogP contribution < -0.4 is 5.32 Å². The van der Waals surface area contributed by atoms with Gasteiger partial charge in [0.25, 0.3) is 0 Å². The Labute approximate surface area is 117 Å². The molecule has 0 radical (unpaired) electrons. The van der Waals surface area contributed by atoms with E-state index in [1.807, 2.05) is 0 Å². The predicted molar refractivity (Wildman–Crippen MR) is 73.5 cm³/mol. The maximum absolute atomic E-state index is 11.7. The van der Waals surface area contributed by atoms with Gasteiger partial charge in [0, 0.05) is 19.6 Å². The molecule has 1 aromatic rings. The molecule has 1 atom stereocenters. The van der Waals surface area contributed by atoms with Crippen LogP contribution in [-0.4, -0.2) is 29.7 Å². The normalized spacial score (nSPS) is 17.9. The molecule has 5 nitrogen and oxygen atoms in total. The summed E-state index contributed by atoms with van der Waals surface area (Å²) in [6.07, 6.45) is 3.60. The van der Waals surface area contributed by atoms with Gasteiger partial charge in [0.2, 0.25) is 5.91 Å². The van der Waals surface area contributed by atoms with Crippen molar-refractivity contribution >= 4 is 11.9 Å². The fourth-order valence-electron chi connectivity index (χ4n) is 2.22. The topological polar surface area (TPSA) is 75.6 Å². The van der Waals surface area contributed by atoms with Crippen molar-refractivity contribution in [1.82, 2.24) is 5.32 Å². The van der Waals surface area contributed by atoms with Gasteiger partial charge in [-0.15, -0.1) is 0 Å². The summed E-state index contributed by atoms with van der Waals surface area (Å²) in [5.41, 5.74) is 1.14. The molecule has 1 saturated heterocycles. The van der Waals surface area contributed by atoms with Crippen molar-refractivity contribution in [2.75, 3.05) is 6.61 Å². The summed E-state index contributed by atoms with van der Waals surface area (Å²) < 4.78 is 5.47. The van der Waals surface area contributed by atoms with Crippen LogP contribution in [0.2, 0.25) is 0 Å². The van der Waals surface area contributed by atoms with Crippen molar-refractivity contribution in [1.29, 1.82) is 0 Å². The van der Waals surface area contributed by atoms with Crippen molar-refractivity contribution in [3.63, 3.8) is 0 Å². The second-order valence-corrected chi connectivity index (χ2v) is 4.95. The number of carbonyl (C=O) groups is 2. The van der Waals surface area contributed by atoms with E-state index in [2.05, 4.69) is 5.32 Å². The minimum absolute atomic E-state index is 0.00260. The van der Waals surface area contributed by atoms with Crippen molar-refractivity contribution in [2.45, 2.75) is 38.3 Å². The summed E-state index contributed by atoms with van der Waals surface area (Å²) in [4.78, 5) is 22.4. The first-order valence-corrected chi connectivity index (χ1v) is 6.85.